The number of aromatic nitrogens is 2. The highest BCUT2D eigenvalue weighted by atomic mass is 35.5. The maximum absolute atomic E-state index is 12.3. The number of aryl methyl sites for hydroxylation is 1. The Morgan fingerprint density at radius 1 is 1.21 bits per heavy atom. The van der Waals surface area contributed by atoms with Gasteiger partial charge in [-0.3, -0.25) is 0 Å². The third-order valence-corrected chi connectivity index (χ3v) is 5.48. The van der Waals surface area contributed by atoms with Crippen molar-refractivity contribution in [3.8, 4) is 0 Å². The van der Waals surface area contributed by atoms with Gasteiger partial charge in [0, 0.05) is 29.9 Å². The van der Waals surface area contributed by atoms with Crippen LogP contribution in [0.4, 0.5) is 5.82 Å². The van der Waals surface area contributed by atoms with Gasteiger partial charge < -0.3 is 4.90 Å². The fraction of sp³-hybridized carbons (Fsp3) is 0.375. The van der Waals surface area contributed by atoms with Crippen molar-refractivity contribution < 1.29 is 8.42 Å². The fourth-order valence-electron chi connectivity index (χ4n) is 2.68. The summed E-state index contributed by atoms with van der Waals surface area (Å²) in [7, 11) is -3.65. The monoisotopic (exact) mass is 366 g/mol. The van der Waals surface area contributed by atoms with Crippen molar-refractivity contribution in [1.29, 1.82) is 0 Å². The maximum atomic E-state index is 12.3. The summed E-state index contributed by atoms with van der Waals surface area (Å²) in [6.07, 6.45) is 2.31. The minimum absolute atomic E-state index is 0.0391. The van der Waals surface area contributed by atoms with Gasteiger partial charge in [0.2, 0.25) is 10.0 Å². The van der Waals surface area contributed by atoms with Crippen LogP contribution in [0.3, 0.4) is 0 Å². The Morgan fingerprint density at radius 3 is 2.67 bits per heavy atom. The van der Waals surface area contributed by atoms with E-state index in [-0.39, 0.29) is 11.4 Å². The van der Waals surface area contributed by atoms with Gasteiger partial charge in [0.05, 0.1) is 11.4 Å². The minimum Gasteiger partial charge on any atom is -0.357 e. The predicted molar refractivity (Wildman–Crippen MR) is 93.7 cm³/mol. The van der Waals surface area contributed by atoms with Gasteiger partial charge in [0.15, 0.2) is 0 Å². The summed E-state index contributed by atoms with van der Waals surface area (Å²) in [6.45, 7) is 3.88. The van der Waals surface area contributed by atoms with Gasteiger partial charge in [0.25, 0.3) is 0 Å². The molecule has 1 aromatic heterocycles. The summed E-state index contributed by atoms with van der Waals surface area (Å²) in [5, 5.41) is 0.376. The normalized spacial score (nSPS) is 15.0. The van der Waals surface area contributed by atoms with E-state index in [1.807, 2.05) is 13.0 Å². The molecule has 1 fully saturated rings. The molecule has 3 rings (SSSR count). The molecule has 8 heteroatoms. The number of benzene rings is 1. The average molecular weight is 367 g/mol. The highest BCUT2D eigenvalue weighted by molar-refractivity contribution is 7.89. The smallest absolute Gasteiger partial charge is 0.241 e. The third-order valence-electron chi connectivity index (χ3n) is 3.84. The molecule has 0 spiro atoms. The number of sulfonamides is 1. The lowest BCUT2D eigenvalue weighted by molar-refractivity contribution is 0.579. The van der Waals surface area contributed by atoms with Crippen LogP contribution in [0.15, 0.2) is 35.2 Å². The number of halogens is 1. The lowest BCUT2D eigenvalue weighted by Crippen LogP contribution is -2.26. The van der Waals surface area contributed by atoms with Crippen LogP contribution >= 0.6 is 11.6 Å². The molecular weight excluding hydrogens is 348 g/mol. The summed E-state index contributed by atoms with van der Waals surface area (Å²) in [6, 6.07) is 8.08. The number of anilines is 1. The fourth-order valence-corrected chi connectivity index (χ4v) is 3.96. The van der Waals surface area contributed by atoms with Gasteiger partial charge in [-0.25, -0.2) is 23.1 Å². The van der Waals surface area contributed by atoms with Crippen LogP contribution in [-0.4, -0.2) is 31.5 Å². The zero-order valence-corrected chi connectivity index (χ0v) is 14.9. The number of rotatable bonds is 5. The second kappa shape index (κ2) is 7.04. The van der Waals surface area contributed by atoms with E-state index >= 15 is 0 Å². The van der Waals surface area contributed by atoms with Crippen molar-refractivity contribution in [3.63, 3.8) is 0 Å². The summed E-state index contributed by atoms with van der Waals surface area (Å²) < 4.78 is 27.2. The lowest BCUT2D eigenvalue weighted by atomic mass is 10.4. The summed E-state index contributed by atoms with van der Waals surface area (Å²) in [4.78, 5) is 11.1. The molecule has 0 radical (unpaired) electrons. The van der Waals surface area contributed by atoms with Crippen LogP contribution in [-0.2, 0) is 16.6 Å². The lowest BCUT2D eigenvalue weighted by Gasteiger charge is -2.17. The first-order valence-corrected chi connectivity index (χ1v) is 9.65. The van der Waals surface area contributed by atoms with E-state index in [1.54, 1.807) is 12.1 Å². The average Bonchev–Trinajstić information content (AvgIpc) is 3.07. The third kappa shape index (κ3) is 4.03. The topological polar surface area (TPSA) is 75.2 Å². The molecule has 1 aromatic carbocycles. The zero-order valence-electron chi connectivity index (χ0n) is 13.4. The molecule has 1 N–H and O–H groups in total. The molecule has 6 nitrogen and oxygen atoms in total. The predicted octanol–water partition coefficient (Wildman–Crippen LogP) is 2.52. The molecule has 0 unspecified atom stereocenters. The van der Waals surface area contributed by atoms with Crippen molar-refractivity contribution in [2.24, 2.45) is 0 Å². The van der Waals surface area contributed by atoms with Crippen LogP contribution < -0.4 is 9.62 Å². The van der Waals surface area contributed by atoms with Gasteiger partial charge in [-0.1, -0.05) is 17.7 Å². The number of hydrogen-bond acceptors (Lipinski definition) is 5. The second-order valence-corrected chi connectivity index (χ2v) is 7.96. The van der Waals surface area contributed by atoms with E-state index in [1.165, 1.54) is 12.1 Å². The first kappa shape index (κ1) is 17.1. The van der Waals surface area contributed by atoms with Gasteiger partial charge in [-0.15, -0.1) is 0 Å². The van der Waals surface area contributed by atoms with Gasteiger partial charge >= 0.3 is 0 Å². The Balaban J connectivity index is 1.76. The van der Waals surface area contributed by atoms with E-state index in [0.717, 1.165) is 37.4 Å². The molecule has 0 saturated carbocycles. The van der Waals surface area contributed by atoms with Crippen LogP contribution in [0.5, 0.6) is 0 Å². The van der Waals surface area contributed by atoms with Crippen molar-refractivity contribution in [3.05, 3.63) is 46.9 Å². The van der Waals surface area contributed by atoms with Crippen LogP contribution in [0.2, 0.25) is 5.02 Å². The number of nitrogens with one attached hydrogen (secondary N) is 1. The standard InChI is InChI=1S/C16H19ClN4O2S/c1-12-9-16(21-7-2-3-8-21)20-15(19-12)11-18-24(22,23)14-6-4-5-13(17)10-14/h4-6,9-10,18H,2-3,7-8,11H2,1H3. The second-order valence-electron chi connectivity index (χ2n) is 5.76. The van der Waals surface area contributed by atoms with Crippen molar-refractivity contribution in [2.45, 2.75) is 31.2 Å². The minimum atomic E-state index is -3.65. The molecule has 1 aliphatic rings. The van der Waals surface area contributed by atoms with E-state index < -0.39 is 10.0 Å². The molecule has 0 bridgehead atoms. The maximum Gasteiger partial charge on any atom is 0.241 e. The van der Waals surface area contributed by atoms with E-state index in [0.29, 0.717) is 10.8 Å². The largest absolute Gasteiger partial charge is 0.357 e. The number of nitrogens with zero attached hydrogens (tertiary/aromatic N) is 3. The Hall–Kier alpha value is -1.70. The first-order valence-electron chi connectivity index (χ1n) is 7.79. The quantitative estimate of drug-likeness (QED) is 0.880. The molecule has 128 valence electrons. The molecule has 2 heterocycles. The Labute approximate surface area is 146 Å². The van der Waals surface area contributed by atoms with E-state index in [4.69, 9.17) is 11.6 Å². The molecule has 1 aliphatic heterocycles. The van der Waals surface area contributed by atoms with Gasteiger partial charge in [-0.05, 0) is 38.0 Å². The molecule has 1 saturated heterocycles. The van der Waals surface area contributed by atoms with Gasteiger partial charge in [0.1, 0.15) is 11.6 Å². The van der Waals surface area contributed by atoms with Crippen molar-refractivity contribution in [1.82, 2.24) is 14.7 Å². The first-order chi connectivity index (χ1) is 11.4. The van der Waals surface area contributed by atoms with Crippen LogP contribution in [0.25, 0.3) is 0 Å². The highest BCUT2D eigenvalue weighted by Crippen LogP contribution is 2.19. The van der Waals surface area contributed by atoms with Crippen molar-refractivity contribution in [2.75, 3.05) is 18.0 Å². The molecule has 2 aromatic rings. The van der Waals surface area contributed by atoms with E-state index in [2.05, 4.69) is 19.6 Å². The zero-order chi connectivity index (χ0) is 17.2. The summed E-state index contributed by atoms with van der Waals surface area (Å²) >= 11 is 5.86. The van der Waals surface area contributed by atoms with Crippen molar-refractivity contribution >= 4 is 27.4 Å². The van der Waals surface area contributed by atoms with E-state index in [9.17, 15) is 8.42 Å². The number of hydrogen-bond donors (Lipinski definition) is 1. The summed E-state index contributed by atoms with van der Waals surface area (Å²) in [5.41, 5.74) is 0.823. The molecule has 0 atom stereocenters. The summed E-state index contributed by atoms with van der Waals surface area (Å²) in [5.74, 6) is 1.32. The highest BCUT2D eigenvalue weighted by Gasteiger charge is 2.17. The van der Waals surface area contributed by atoms with Gasteiger partial charge in [-0.2, -0.15) is 0 Å². The Morgan fingerprint density at radius 2 is 1.96 bits per heavy atom. The van der Waals surface area contributed by atoms with Crippen LogP contribution in [0, 0.1) is 6.92 Å². The molecule has 0 amide bonds. The van der Waals surface area contributed by atoms with Crippen LogP contribution in [0.1, 0.15) is 24.4 Å². The molecular formula is C16H19ClN4O2S. The molecule has 0 aliphatic carbocycles. The molecule has 24 heavy (non-hydrogen) atoms. The SMILES string of the molecule is Cc1cc(N2CCCC2)nc(CNS(=O)(=O)c2cccc(Cl)c2)n1. The Kier molecular flexibility index (Phi) is 5.03. The Bertz CT molecular complexity index is 836.